The van der Waals surface area contributed by atoms with Gasteiger partial charge in [0, 0.05) is 18.1 Å². The van der Waals surface area contributed by atoms with Gasteiger partial charge >= 0.3 is 0 Å². The molecule has 33 heavy (non-hydrogen) atoms. The number of carbonyl (C=O) groups excluding carboxylic acids is 2. The zero-order valence-electron chi connectivity index (χ0n) is 19.3. The van der Waals surface area contributed by atoms with Crippen LogP contribution in [0.25, 0.3) is 0 Å². The Morgan fingerprint density at radius 2 is 1.70 bits per heavy atom. The van der Waals surface area contributed by atoms with Crippen LogP contribution in [-0.2, 0) is 26.0 Å². The molecule has 0 saturated heterocycles. The number of amides is 2. The lowest BCUT2D eigenvalue weighted by Gasteiger charge is -2.31. The summed E-state index contributed by atoms with van der Waals surface area (Å²) in [5.41, 5.74) is 1.35. The predicted molar refractivity (Wildman–Crippen MR) is 133 cm³/mol. The molecule has 0 aliphatic rings. The highest BCUT2D eigenvalue weighted by Crippen LogP contribution is 2.21. The van der Waals surface area contributed by atoms with Crippen LogP contribution in [0.15, 0.2) is 54.6 Å². The van der Waals surface area contributed by atoms with Crippen LogP contribution >= 0.6 is 11.6 Å². The van der Waals surface area contributed by atoms with Crippen LogP contribution in [0.3, 0.4) is 0 Å². The Bertz CT molecular complexity index is 1010. The smallest absolute Gasteiger partial charge is 0.244 e. The molecule has 0 fully saturated rings. The maximum atomic E-state index is 13.4. The van der Waals surface area contributed by atoms with E-state index in [1.807, 2.05) is 37.3 Å². The number of nitrogens with zero attached hydrogens (tertiary/aromatic N) is 2. The number of anilines is 1. The quantitative estimate of drug-likeness (QED) is 0.458. The van der Waals surface area contributed by atoms with Gasteiger partial charge in [-0.15, -0.1) is 0 Å². The number of carbonyl (C=O) groups is 2. The summed E-state index contributed by atoms with van der Waals surface area (Å²) < 4.78 is 26.0. The fourth-order valence-corrected chi connectivity index (χ4v) is 4.30. The molecule has 1 N–H and O–H groups in total. The van der Waals surface area contributed by atoms with Crippen molar-refractivity contribution < 1.29 is 18.0 Å². The lowest BCUT2D eigenvalue weighted by molar-refractivity contribution is -0.138. The largest absolute Gasteiger partial charge is 0.354 e. The summed E-state index contributed by atoms with van der Waals surface area (Å²) in [5, 5.41) is 3.32. The van der Waals surface area contributed by atoms with Gasteiger partial charge in [-0.05, 0) is 49.6 Å². The standard InChI is InChI=1S/C24H32ClN3O4S/c1-4-5-16-26-24(30)19(2)27(17-15-20-9-7-6-8-10-20)23(29)18-28(33(3,31)32)22-13-11-21(25)12-14-22/h6-14,19H,4-5,15-18H2,1-3H3,(H,26,30)/t19-/m1/s1. The highest BCUT2D eigenvalue weighted by atomic mass is 35.5. The first-order chi connectivity index (χ1) is 15.6. The number of benzene rings is 2. The van der Waals surface area contributed by atoms with Crippen molar-refractivity contribution >= 4 is 39.1 Å². The van der Waals surface area contributed by atoms with Crippen molar-refractivity contribution in [2.45, 2.75) is 39.2 Å². The van der Waals surface area contributed by atoms with Crippen molar-refractivity contribution in [1.29, 1.82) is 0 Å². The fraction of sp³-hybridized carbons (Fsp3) is 0.417. The maximum Gasteiger partial charge on any atom is 0.244 e. The number of nitrogens with one attached hydrogen (secondary N) is 1. The molecule has 2 aromatic rings. The summed E-state index contributed by atoms with van der Waals surface area (Å²) in [6, 6.07) is 15.1. The van der Waals surface area contributed by atoms with Crippen molar-refractivity contribution in [3.63, 3.8) is 0 Å². The maximum absolute atomic E-state index is 13.4. The third-order valence-corrected chi connectivity index (χ3v) is 6.67. The minimum Gasteiger partial charge on any atom is -0.354 e. The predicted octanol–water partition coefficient (Wildman–Crippen LogP) is 3.48. The number of hydrogen-bond donors (Lipinski definition) is 1. The van der Waals surface area contributed by atoms with Gasteiger partial charge in [0.25, 0.3) is 0 Å². The van der Waals surface area contributed by atoms with E-state index >= 15 is 0 Å². The Kier molecular flexibility index (Phi) is 10.2. The van der Waals surface area contributed by atoms with E-state index in [0.29, 0.717) is 23.7 Å². The average Bonchev–Trinajstić information content (AvgIpc) is 2.78. The van der Waals surface area contributed by atoms with E-state index in [1.165, 1.54) is 4.90 Å². The molecule has 0 aliphatic carbocycles. The third kappa shape index (κ3) is 8.37. The van der Waals surface area contributed by atoms with Crippen LogP contribution in [0.5, 0.6) is 0 Å². The van der Waals surface area contributed by atoms with Crippen molar-refractivity contribution in [3.8, 4) is 0 Å². The monoisotopic (exact) mass is 493 g/mol. The van der Waals surface area contributed by atoms with Gasteiger partial charge in [-0.3, -0.25) is 13.9 Å². The summed E-state index contributed by atoms with van der Waals surface area (Å²) in [6.07, 6.45) is 3.37. The normalized spacial score (nSPS) is 12.1. The Morgan fingerprint density at radius 3 is 2.27 bits per heavy atom. The van der Waals surface area contributed by atoms with E-state index in [9.17, 15) is 18.0 Å². The molecule has 0 saturated carbocycles. The second kappa shape index (κ2) is 12.6. The average molecular weight is 494 g/mol. The van der Waals surface area contributed by atoms with Gasteiger partial charge in [-0.25, -0.2) is 8.42 Å². The van der Waals surface area contributed by atoms with Gasteiger partial charge in [0.2, 0.25) is 21.8 Å². The second-order valence-electron chi connectivity index (χ2n) is 7.89. The SMILES string of the molecule is CCCCNC(=O)[C@@H](C)N(CCc1ccccc1)C(=O)CN(c1ccc(Cl)cc1)S(C)(=O)=O. The third-order valence-electron chi connectivity index (χ3n) is 5.27. The minimum atomic E-state index is -3.75. The lowest BCUT2D eigenvalue weighted by atomic mass is 10.1. The van der Waals surface area contributed by atoms with E-state index < -0.39 is 28.5 Å². The number of halogens is 1. The summed E-state index contributed by atoms with van der Waals surface area (Å²) in [5.74, 6) is -0.716. The molecular formula is C24H32ClN3O4S. The highest BCUT2D eigenvalue weighted by molar-refractivity contribution is 7.92. The lowest BCUT2D eigenvalue weighted by Crippen LogP contribution is -2.52. The van der Waals surface area contributed by atoms with Crippen molar-refractivity contribution in [3.05, 3.63) is 65.2 Å². The van der Waals surface area contributed by atoms with Crippen LogP contribution in [0.1, 0.15) is 32.3 Å². The second-order valence-corrected chi connectivity index (χ2v) is 10.2. The summed E-state index contributed by atoms with van der Waals surface area (Å²) >= 11 is 5.93. The van der Waals surface area contributed by atoms with Gasteiger partial charge in [-0.1, -0.05) is 55.3 Å². The Hall–Kier alpha value is -2.58. The zero-order chi connectivity index (χ0) is 24.4. The van der Waals surface area contributed by atoms with Crippen LogP contribution < -0.4 is 9.62 Å². The molecule has 7 nitrogen and oxygen atoms in total. The van der Waals surface area contributed by atoms with E-state index in [4.69, 9.17) is 11.6 Å². The molecule has 0 heterocycles. The van der Waals surface area contributed by atoms with E-state index in [2.05, 4.69) is 5.32 Å². The van der Waals surface area contributed by atoms with E-state index in [1.54, 1.807) is 31.2 Å². The molecular weight excluding hydrogens is 462 g/mol. The molecule has 180 valence electrons. The van der Waals surface area contributed by atoms with Gasteiger partial charge < -0.3 is 10.2 Å². The van der Waals surface area contributed by atoms with Crippen LogP contribution in [0.2, 0.25) is 5.02 Å². The molecule has 0 radical (unpaired) electrons. The summed E-state index contributed by atoms with van der Waals surface area (Å²) in [7, 11) is -3.75. The Balaban J connectivity index is 2.25. The molecule has 2 rings (SSSR count). The Morgan fingerprint density at radius 1 is 1.06 bits per heavy atom. The van der Waals surface area contributed by atoms with Gasteiger partial charge in [0.1, 0.15) is 12.6 Å². The van der Waals surface area contributed by atoms with Crippen LogP contribution in [-0.4, -0.2) is 57.1 Å². The first-order valence-corrected chi connectivity index (χ1v) is 13.2. The zero-order valence-corrected chi connectivity index (χ0v) is 20.9. The van der Waals surface area contributed by atoms with Gasteiger partial charge in [0.05, 0.1) is 11.9 Å². The first kappa shape index (κ1) is 26.7. The van der Waals surface area contributed by atoms with Crippen LogP contribution in [0.4, 0.5) is 5.69 Å². The number of hydrogen-bond acceptors (Lipinski definition) is 4. The summed E-state index contributed by atoms with van der Waals surface area (Å²) in [4.78, 5) is 27.5. The number of rotatable bonds is 12. The number of unbranched alkanes of at least 4 members (excludes halogenated alkanes) is 1. The van der Waals surface area contributed by atoms with E-state index in [-0.39, 0.29) is 12.5 Å². The fourth-order valence-electron chi connectivity index (χ4n) is 3.33. The van der Waals surface area contributed by atoms with Gasteiger partial charge in [0.15, 0.2) is 0 Å². The van der Waals surface area contributed by atoms with Gasteiger partial charge in [-0.2, -0.15) is 0 Å². The molecule has 0 spiro atoms. The van der Waals surface area contributed by atoms with Crippen molar-refractivity contribution in [2.75, 3.05) is 30.2 Å². The Labute approximate surface area is 201 Å². The van der Waals surface area contributed by atoms with Crippen molar-refractivity contribution in [1.82, 2.24) is 10.2 Å². The van der Waals surface area contributed by atoms with Crippen LogP contribution in [0, 0.1) is 0 Å². The molecule has 0 aromatic heterocycles. The number of sulfonamides is 1. The summed E-state index contributed by atoms with van der Waals surface area (Å²) in [6.45, 7) is 4.09. The van der Waals surface area contributed by atoms with Crippen molar-refractivity contribution in [2.24, 2.45) is 0 Å². The minimum absolute atomic E-state index is 0.262. The molecule has 9 heteroatoms. The molecule has 0 unspecified atom stereocenters. The molecule has 0 bridgehead atoms. The molecule has 0 aliphatic heterocycles. The molecule has 2 aromatic carbocycles. The topological polar surface area (TPSA) is 86.8 Å². The van der Waals surface area contributed by atoms with E-state index in [0.717, 1.165) is 29.0 Å². The first-order valence-electron chi connectivity index (χ1n) is 11.0. The highest BCUT2D eigenvalue weighted by Gasteiger charge is 2.29. The molecule has 1 atom stereocenters. The molecule has 2 amide bonds.